The summed E-state index contributed by atoms with van der Waals surface area (Å²) in [6.45, 7) is 0.338. The number of nitrogens with one attached hydrogen (secondary N) is 1. The molecular weight excluding hydrogens is 252 g/mol. The Balaban J connectivity index is 1.85. The number of benzene rings is 1. The fourth-order valence-electron chi connectivity index (χ4n) is 2.33. The lowest BCUT2D eigenvalue weighted by Crippen LogP contribution is -2.36. The van der Waals surface area contributed by atoms with Crippen LogP contribution in [0.1, 0.15) is 12.8 Å². The molecule has 0 aliphatic heterocycles. The van der Waals surface area contributed by atoms with Gasteiger partial charge in [0.15, 0.2) is 0 Å². The predicted molar refractivity (Wildman–Crippen MR) is 80.6 cm³/mol. The van der Waals surface area contributed by atoms with Gasteiger partial charge in [0.05, 0.1) is 6.54 Å². The van der Waals surface area contributed by atoms with Gasteiger partial charge in [-0.3, -0.25) is 9.78 Å². The van der Waals surface area contributed by atoms with Gasteiger partial charge in [0.25, 0.3) is 0 Å². The fraction of sp³-hybridized carbons (Fsp3) is 0.333. The Labute approximate surface area is 117 Å². The second kappa shape index (κ2) is 5.00. The third-order valence-electron chi connectivity index (χ3n) is 3.56. The second-order valence-electron chi connectivity index (χ2n) is 5.29. The SMILES string of the molecule is CN(CC(=O)NC1CC1)c1ccc(N)c2ccncc12. The van der Waals surface area contributed by atoms with E-state index in [2.05, 4.69) is 10.3 Å². The number of aromatic nitrogens is 1. The highest BCUT2D eigenvalue weighted by molar-refractivity contribution is 6.01. The average Bonchev–Trinajstić information content (AvgIpc) is 3.23. The molecule has 0 radical (unpaired) electrons. The van der Waals surface area contributed by atoms with Crippen LogP contribution < -0.4 is 16.0 Å². The van der Waals surface area contributed by atoms with Gasteiger partial charge in [0.2, 0.25) is 5.91 Å². The van der Waals surface area contributed by atoms with E-state index >= 15 is 0 Å². The molecule has 1 heterocycles. The molecule has 1 amide bonds. The first-order valence-electron chi connectivity index (χ1n) is 6.78. The molecular formula is C15H18N4O. The van der Waals surface area contributed by atoms with Crippen molar-refractivity contribution in [3.05, 3.63) is 30.6 Å². The number of amides is 1. The maximum atomic E-state index is 11.9. The lowest BCUT2D eigenvalue weighted by molar-refractivity contribution is -0.119. The van der Waals surface area contributed by atoms with Crippen LogP contribution in [0.3, 0.4) is 0 Å². The molecule has 0 bridgehead atoms. The first kappa shape index (κ1) is 12.7. The number of carbonyl (C=O) groups is 1. The van der Waals surface area contributed by atoms with E-state index in [9.17, 15) is 4.79 Å². The summed E-state index contributed by atoms with van der Waals surface area (Å²) in [7, 11) is 1.91. The molecule has 1 aromatic heterocycles. The zero-order valence-corrected chi connectivity index (χ0v) is 11.5. The van der Waals surface area contributed by atoms with Crippen molar-refractivity contribution in [2.45, 2.75) is 18.9 Å². The molecule has 3 rings (SSSR count). The van der Waals surface area contributed by atoms with Gasteiger partial charge in [-0.05, 0) is 31.0 Å². The number of nitrogens with zero attached hydrogens (tertiary/aromatic N) is 2. The van der Waals surface area contributed by atoms with Crippen molar-refractivity contribution in [3.8, 4) is 0 Å². The van der Waals surface area contributed by atoms with Crippen LogP contribution in [-0.2, 0) is 4.79 Å². The van der Waals surface area contributed by atoms with E-state index in [0.29, 0.717) is 12.6 Å². The molecule has 1 saturated carbocycles. The van der Waals surface area contributed by atoms with Crippen molar-refractivity contribution >= 4 is 28.1 Å². The fourth-order valence-corrected chi connectivity index (χ4v) is 2.33. The van der Waals surface area contributed by atoms with Gasteiger partial charge in [0, 0.05) is 47.6 Å². The summed E-state index contributed by atoms with van der Waals surface area (Å²) >= 11 is 0. The molecule has 3 N–H and O–H groups in total. The zero-order chi connectivity index (χ0) is 14.1. The van der Waals surface area contributed by atoms with Gasteiger partial charge in [-0.25, -0.2) is 0 Å². The number of anilines is 2. The maximum Gasteiger partial charge on any atom is 0.239 e. The minimum Gasteiger partial charge on any atom is -0.398 e. The van der Waals surface area contributed by atoms with Gasteiger partial charge in [-0.2, -0.15) is 0 Å². The number of hydrogen-bond acceptors (Lipinski definition) is 4. The summed E-state index contributed by atoms with van der Waals surface area (Å²) in [5.41, 5.74) is 7.67. The molecule has 1 aliphatic carbocycles. The Kier molecular flexibility index (Phi) is 3.18. The molecule has 2 aromatic rings. The normalized spacial score (nSPS) is 14.2. The van der Waals surface area contributed by atoms with Crippen molar-refractivity contribution < 1.29 is 4.79 Å². The summed E-state index contributed by atoms with van der Waals surface area (Å²) in [6, 6.07) is 6.09. The first-order chi connectivity index (χ1) is 9.65. The number of hydrogen-bond donors (Lipinski definition) is 2. The molecule has 0 atom stereocenters. The average molecular weight is 270 g/mol. The Morgan fingerprint density at radius 2 is 2.20 bits per heavy atom. The van der Waals surface area contributed by atoms with E-state index in [4.69, 9.17) is 5.73 Å². The third kappa shape index (κ3) is 2.52. The summed E-state index contributed by atoms with van der Waals surface area (Å²) in [5.74, 6) is 0.0591. The molecule has 5 nitrogen and oxygen atoms in total. The number of carbonyl (C=O) groups excluding carboxylic acids is 1. The van der Waals surface area contributed by atoms with Crippen LogP contribution in [0.25, 0.3) is 10.8 Å². The predicted octanol–water partition coefficient (Wildman–Crippen LogP) is 1.53. The van der Waals surface area contributed by atoms with E-state index in [1.54, 1.807) is 12.4 Å². The van der Waals surface area contributed by atoms with Crippen LogP contribution in [0.5, 0.6) is 0 Å². The van der Waals surface area contributed by atoms with Gasteiger partial charge in [0.1, 0.15) is 0 Å². The summed E-state index contributed by atoms with van der Waals surface area (Å²) in [4.78, 5) is 18.0. The van der Waals surface area contributed by atoms with Crippen LogP contribution in [0, 0.1) is 0 Å². The Morgan fingerprint density at radius 1 is 1.40 bits per heavy atom. The Bertz CT molecular complexity index is 651. The quantitative estimate of drug-likeness (QED) is 0.827. The molecule has 0 unspecified atom stereocenters. The minimum absolute atomic E-state index is 0.0591. The van der Waals surface area contributed by atoms with E-state index < -0.39 is 0 Å². The minimum atomic E-state index is 0.0591. The molecule has 1 fully saturated rings. The number of fused-ring (bicyclic) bond motifs is 1. The zero-order valence-electron chi connectivity index (χ0n) is 11.5. The Hall–Kier alpha value is -2.30. The summed E-state index contributed by atoms with van der Waals surface area (Å²) in [6.07, 6.45) is 5.72. The monoisotopic (exact) mass is 270 g/mol. The van der Waals surface area contributed by atoms with Crippen LogP contribution in [0.4, 0.5) is 11.4 Å². The third-order valence-corrected chi connectivity index (χ3v) is 3.56. The smallest absolute Gasteiger partial charge is 0.239 e. The number of rotatable bonds is 4. The first-order valence-corrected chi connectivity index (χ1v) is 6.78. The molecule has 1 aliphatic rings. The molecule has 1 aromatic carbocycles. The number of nitrogens with two attached hydrogens (primary N) is 1. The van der Waals surface area contributed by atoms with Gasteiger partial charge in [-0.1, -0.05) is 0 Å². The van der Waals surface area contributed by atoms with Crippen molar-refractivity contribution in [3.63, 3.8) is 0 Å². The largest absolute Gasteiger partial charge is 0.398 e. The van der Waals surface area contributed by atoms with Crippen LogP contribution >= 0.6 is 0 Å². The molecule has 5 heteroatoms. The van der Waals surface area contributed by atoms with E-state index in [1.807, 2.05) is 30.1 Å². The van der Waals surface area contributed by atoms with Crippen LogP contribution in [0.2, 0.25) is 0 Å². The molecule has 0 spiro atoms. The van der Waals surface area contributed by atoms with Gasteiger partial charge >= 0.3 is 0 Å². The number of nitrogen functional groups attached to an aromatic ring is 1. The van der Waals surface area contributed by atoms with E-state index in [0.717, 1.165) is 35.0 Å². The highest BCUT2D eigenvalue weighted by atomic mass is 16.2. The van der Waals surface area contributed by atoms with Crippen molar-refractivity contribution in [2.24, 2.45) is 0 Å². The van der Waals surface area contributed by atoms with Crippen LogP contribution in [-0.4, -0.2) is 30.5 Å². The maximum absolute atomic E-state index is 11.9. The highest BCUT2D eigenvalue weighted by Gasteiger charge is 2.23. The molecule has 0 saturated heterocycles. The Morgan fingerprint density at radius 3 is 2.95 bits per heavy atom. The standard InChI is InChI=1S/C15H18N4O/c1-19(9-15(20)18-10-2-3-10)14-5-4-13(16)11-6-7-17-8-12(11)14/h4-8,10H,2-3,9,16H2,1H3,(H,18,20). The molecule has 104 valence electrons. The molecule has 20 heavy (non-hydrogen) atoms. The topological polar surface area (TPSA) is 71.2 Å². The van der Waals surface area contributed by atoms with Crippen molar-refractivity contribution in [2.75, 3.05) is 24.2 Å². The van der Waals surface area contributed by atoms with Gasteiger partial charge < -0.3 is 16.0 Å². The van der Waals surface area contributed by atoms with Gasteiger partial charge in [-0.15, -0.1) is 0 Å². The lowest BCUT2D eigenvalue weighted by atomic mass is 10.1. The number of likely N-dealkylation sites (N-methyl/N-ethyl adjacent to an activating group) is 1. The van der Waals surface area contributed by atoms with E-state index in [-0.39, 0.29) is 5.91 Å². The summed E-state index contributed by atoms with van der Waals surface area (Å²) in [5, 5.41) is 4.92. The van der Waals surface area contributed by atoms with E-state index in [1.165, 1.54) is 0 Å². The lowest BCUT2D eigenvalue weighted by Gasteiger charge is -2.21. The second-order valence-corrected chi connectivity index (χ2v) is 5.29. The summed E-state index contributed by atoms with van der Waals surface area (Å²) < 4.78 is 0. The van der Waals surface area contributed by atoms with Crippen LogP contribution in [0.15, 0.2) is 30.6 Å². The van der Waals surface area contributed by atoms with Crippen molar-refractivity contribution in [1.82, 2.24) is 10.3 Å². The highest BCUT2D eigenvalue weighted by Crippen LogP contribution is 2.29. The number of pyridine rings is 1. The van der Waals surface area contributed by atoms with Crippen molar-refractivity contribution in [1.29, 1.82) is 0 Å².